The van der Waals surface area contributed by atoms with Crippen LogP contribution < -0.4 is 5.32 Å². The van der Waals surface area contributed by atoms with Crippen LogP contribution in [0.5, 0.6) is 0 Å². The standard InChI is InChI=1S/C19H19NO3/c1-3-14-6-11-17(12-7-14)20-18(21)13-8-15-4-9-16(10-5-15)19(22)23-2/h4-13H,3H2,1-2H3,(H,20,21)/b13-8+. The van der Waals surface area contributed by atoms with E-state index in [0.717, 1.165) is 17.7 Å². The lowest BCUT2D eigenvalue weighted by atomic mass is 10.1. The molecule has 118 valence electrons. The van der Waals surface area contributed by atoms with Gasteiger partial charge in [0.2, 0.25) is 5.91 Å². The molecule has 0 bridgehead atoms. The van der Waals surface area contributed by atoms with Crippen molar-refractivity contribution < 1.29 is 14.3 Å². The summed E-state index contributed by atoms with van der Waals surface area (Å²) in [7, 11) is 1.34. The molecule has 2 rings (SSSR count). The molecule has 0 aromatic heterocycles. The van der Waals surface area contributed by atoms with E-state index in [0.29, 0.717) is 5.56 Å². The number of anilines is 1. The number of methoxy groups -OCH3 is 1. The van der Waals surface area contributed by atoms with E-state index in [1.165, 1.54) is 18.7 Å². The Kier molecular flexibility index (Phi) is 5.69. The highest BCUT2D eigenvalue weighted by Gasteiger charge is 2.03. The first-order valence-corrected chi connectivity index (χ1v) is 7.38. The normalized spacial score (nSPS) is 10.5. The number of nitrogens with one attached hydrogen (secondary N) is 1. The van der Waals surface area contributed by atoms with Crippen LogP contribution in [0.1, 0.15) is 28.4 Å². The van der Waals surface area contributed by atoms with Crippen molar-refractivity contribution in [3.63, 3.8) is 0 Å². The van der Waals surface area contributed by atoms with Gasteiger partial charge >= 0.3 is 5.97 Å². The van der Waals surface area contributed by atoms with Crippen LogP contribution in [0.15, 0.2) is 54.6 Å². The van der Waals surface area contributed by atoms with E-state index in [1.54, 1.807) is 30.3 Å². The summed E-state index contributed by atoms with van der Waals surface area (Å²) in [5.74, 6) is -0.583. The summed E-state index contributed by atoms with van der Waals surface area (Å²) < 4.78 is 4.64. The van der Waals surface area contributed by atoms with E-state index in [2.05, 4.69) is 17.0 Å². The highest BCUT2D eigenvalue weighted by molar-refractivity contribution is 6.02. The van der Waals surface area contributed by atoms with E-state index >= 15 is 0 Å². The van der Waals surface area contributed by atoms with Crippen LogP contribution >= 0.6 is 0 Å². The molecule has 0 aliphatic carbocycles. The summed E-state index contributed by atoms with van der Waals surface area (Å²) in [6.07, 6.45) is 4.12. The third kappa shape index (κ3) is 4.81. The molecule has 0 atom stereocenters. The molecule has 0 radical (unpaired) electrons. The smallest absolute Gasteiger partial charge is 0.337 e. The highest BCUT2D eigenvalue weighted by atomic mass is 16.5. The molecule has 1 N–H and O–H groups in total. The van der Waals surface area contributed by atoms with Gasteiger partial charge < -0.3 is 10.1 Å². The van der Waals surface area contributed by atoms with E-state index in [-0.39, 0.29) is 11.9 Å². The third-order valence-electron chi connectivity index (χ3n) is 3.39. The fraction of sp³-hybridized carbons (Fsp3) is 0.158. The Bertz CT molecular complexity index is 700. The quantitative estimate of drug-likeness (QED) is 0.677. The summed E-state index contributed by atoms with van der Waals surface area (Å²) in [6, 6.07) is 14.6. The monoisotopic (exact) mass is 309 g/mol. The summed E-state index contributed by atoms with van der Waals surface area (Å²) >= 11 is 0. The predicted molar refractivity (Wildman–Crippen MR) is 91.3 cm³/mol. The number of ether oxygens (including phenoxy) is 1. The number of carbonyl (C=O) groups excluding carboxylic acids is 2. The van der Waals surface area contributed by atoms with Gasteiger partial charge in [0, 0.05) is 11.8 Å². The van der Waals surface area contributed by atoms with Crippen LogP contribution in [0.3, 0.4) is 0 Å². The molecular formula is C19H19NO3. The van der Waals surface area contributed by atoms with Gasteiger partial charge in [-0.15, -0.1) is 0 Å². The molecule has 23 heavy (non-hydrogen) atoms. The molecule has 4 heteroatoms. The van der Waals surface area contributed by atoms with E-state index < -0.39 is 0 Å². The molecule has 0 unspecified atom stereocenters. The van der Waals surface area contributed by atoms with Gasteiger partial charge in [-0.2, -0.15) is 0 Å². The Morgan fingerprint density at radius 3 is 2.26 bits per heavy atom. The number of rotatable bonds is 5. The van der Waals surface area contributed by atoms with Crippen LogP contribution in [0.25, 0.3) is 6.08 Å². The summed E-state index contributed by atoms with van der Waals surface area (Å²) in [5.41, 5.74) is 3.29. The second kappa shape index (κ2) is 7.94. The van der Waals surface area contributed by atoms with Crippen molar-refractivity contribution in [3.05, 3.63) is 71.3 Å². The number of carbonyl (C=O) groups is 2. The minimum Gasteiger partial charge on any atom is -0.465 e. The number of benzene rings is 2. The van der Waals surface area contributed by atoms with Gasteiger partial charge in [-0.25, -0.2) is 4.79 Å². The number of hydrogen-bond donors (Lipinski definition) is 1. The lowest BCUT2D eigenvalue weighted by Crippen LogP contribution is -2.07. The van der Waals surface area contributed by atoms with E-state index in [4.69, 9.17) is 0 Å². The van der Waals surface area contributed by atoms with Crippen LogP contribution in [0, 0.1) is 0 Å². The van der Waals surface area contributed by atoms with E-state index in [9.17, 15) is 9.59 Å². The minimum absolute atomic E-state index is 0.203. The van der Waals surface area contributed by atoms with Crippen molar-refractivity contribution in [2.24, 2.45) is 0 Å². The molecule has 0 aliphatic heterocycles. The van der Waals surface area contributed by atoms with Crippen molar-refractivity contribution in [1.29, 1.82) is 0 Å². The van der Waals surface area contributed by atoms with Gasteiger partial charge in [0.25, 0.3) is 0 Å². The lowest BCUT2D eigenvalue weighted by Gasteiger charge is -2.03. The van der Waals surface area contributed by atoms with Crippen LogP contribution in [-0.2, 0) is 16.0 Å². The molecule has 0 heterocycles. The zero-order valence-electron chi connectivity index (χ0n) is 13.2. The number of hydrogen-bond acceptors (Lipinski definition) is 3. The maximum atomic E-state index is 11.9. The average molecular weight is 309 g/mol. The minimum atomic E-state index is -0.381. The SMILES string of the molecule is CCc1ccc(NC(=O)/C=C/c2ccc(C(=O)OC)cc2)cc1. The molecule has 0 saturated heterocycles. The van der Waals surface area contributed by atoms with Crippen molar-refractivity contribution in [2.75, 3.05) is 12.4 Å². The van der Waals surface area contributed by atoms with Crippen molar-refractivity contribution in [3.8, 4) is 0 Å². The Morgan fingerprint density at radius 2 is 1.70 bits per heavy atom. The Balaban J connectivity index is 1.96. The lowest BCUT2D eigenvalue weighted by molar-refractivity contribution is -0.111. The maximum Gasteiger partial charge on any atom is 0.337 e. The van der Waals surface area contributed by atoms with Crippen molar-refractivity contribution in [2.45, 2.75) is 13.3 Å². The van der Waals surface area contributed by atoms with Crippen LogP contribution in [0.2, 0.25) is 0 Å². The largest absolute Gasteiger partial charge is 0.465 e. The molecule has 1 amide bonds. The van der Waals surface area contributed by atoms with Gasteiger partial charge in [0.15, 0.2) is 0 Å². The molecular weight excluding hydrogens is 290 g/mol. The predicted octanol–water partition coefficient (Wildman–Crippen LogP) is 3.69. The second-order valence-corrected chi connectivity index (χ2v) is 4.99. The molecule has 2 aromatic rings. The van der Waals surface area contributed by atoms with Gasteiger partial charge in [0.1, 0.15) is 0 Å². The third-order valence-corrected chi connectivity index (χ3v) is 3.39. The fourth-order valence-corrected chi connectivity index (χ4v) is 2.03. The highest BCUT2D eigenvalue weighted by Crippen LogP contribution is 2.11. The molecule has 4 nitrogen and oxygen atoms in total. The first-order chi connectivity index (χ1) is 11.1. The van der Waals surface area contributed by atoms with Gasteiger partial charge in [-0.3, -0.25) is 4.79 Å². The first-order valence-electron chi connectivity index (χ1n) is 7.38. The Labute approximate surface area is 135 Å². The Hall–Kier alpha value is -2.88. The first kappa shape index (κ1) is 16.5. The van der Waals surface area contributed by atoms with Crippen molar-refractivity contribution in [1.82, 2.24) is 0 Å². The molecule has 2 aromatic carbocycles. The summed E-state index contributed by atoms with van der Waals surface area (Å²) in [5, 5.41) is 2.80. The van der Waals surface area contributed by atoms with Gasteiger partial charge in [0.05, 0.1) is 12.7 Å². The Morgan fingerprint density at radius 1 is 1.04 bits per heavy atom. The number of amides is 1. The topological polar surface area (TPSA) is 55.4 Å². The molecule has 0 fully saturated rings. The summed E-state index contributed by atoms with van der Waals surface area (Å²) in [4.78, 5) is 23.2. The number of aryl methyl sites for hydroxylation is 1. The summed E-state index contributed by atoms with van der Waals surface area (Å²) in [6.45, 7) is 2.09. The molecule has 0 aliphatic rings. The maximum absolute atomic E-state index is 11.9. The molecule has 0 spiro atoms. The van der Waals surface area contributed by atoms with Crippen molar-refractivity contribution >= 4 is 23.6 Å². The van der Waals surface area contributed by atoms with Gasteiger partial charge in [-0.05, 0) is 47.9 Å². The van der Waals surface area contributed by atoms with Crippen LogP contribution in [-0.4, -0.2) is 19.0 Å². The number of esters is 1. The van der Waals surface area contributed by atoms with E-state index in [1.807, 2.05) is 24.3 Å². The zero-order chi connectivity index (χ0) is 16.7. The fourth-order valence-electron chi connectivity index (χ4n) is 2.03. The molecule has 0 saturated carbocycles. The van der Waals surface area contributed by atoms with Gasteiger partial charge in [-0.1, -0.05) is 31.2 Å². The zero-order valence-corrected chi connectivity index (χ0v) is 13.2. The average Bonchev–Trinajstić information content (AvgIpc) is 2.60. The van der Waals surface area contributed by atoms with Crippen LogP contribution in [0.4, 0.5) is 5.69 Å². The second-order valence-electron chi connectivity index (χ2n) is 4.99.